The number of hydrogen-bond donors (Lipinski definition) is 0. The number of rotatable bonds is 3. The van der Waals surface area contributed by atoms with Gasteiger partial charge in [0.15, 0.2) is 5.65 Å². The van der Waals surface area contributed by atoms with Gasteiger partial charge in [0.25, 0.3) is 0 Å². The molecule has 0 aliphatic rings. The molecular weight excluding hydrogens is 338 g/mol. The van der Waals surface area contributed by atoms with Crippen LogP contribution in [0, 0.1) is 0 Å². The zero-order valence-electron chi connectivity index (χ0n) is 12.1. The summed E-state index contributed by atoms with van der Waals surface area (Å²) in [6, 6.07) is 2.07. The first-order valence-corrected chi connectivity index (χ1v) is 8.34. The molecule has 0 saturated heterocycles. The van der Waals surface area contributed by atoms with Crippen molar-refractivity contribution in [1.82, 2.24) is 9.38 Å². The Kier molecular flexibility index (Phi) is 4.44. The third-order valence-corrected chi connectivity index (χ3v) is 4.72. The summed E-state index contributed by atoms with van der Waals surface area (Å²) in [6.07, 6.45) is 6.48. The molecule has 0 spiro atoms. The van der Waals surface area contributed by atoms with Crippen LogP contribution in [0.15, 0.2) is 27.3 Å². The van der Waals surface area contributed by atoms with Crippen molar-refractivity contribution in [2.75, 3.05) is 0 Å². The number of aryl methyl sites for hydroxylation is 1. The maximum absolute atomic E-state index is 11.9. The van der Waals surface area contributed by atoms with Crippen molar-refractivity contribution in [1.29, 1.82) is 0 Å². The summed E-state index contributed by atoms with van der Waals surface area (Å²) >= 11 is 3.53. The molecule has 0 fully saturated rings. The molecule has 0 N–H and O–H groups in total. The second kappa shape index (κ2) is 5.77. The Hall–Kier alpha value is -1.01. The van der Waals surface area contributed by atoms with Gasteiger partial charge >= 0.3 is 0 Å². The molecule has 108 valence electrons. The standard InChI is InChI=1S/C14H18BrN3OS/c1-5-10-6-12(15)13-17-11(9-18(13)8-10)7-16-20(19)14(2,3)4/h6-9H,5H2,1-4H3/t20-/m1/s1. The molecule has 0 bridgehead atoms. The lowest BCUT2D eigenvalue weighted by molar-refractivity contribution is 0.651. The highest BCUT2D eigenvalue weighted by Gasteiger charge is 2.18. The first-order chi connectivity index (χ1) is 9.31. The van der Waals surface area contributed by atoms with E-state index in [0.717, 1.165) is 16.5 Å². The fraction of sp³-hybridized carbons (Fsp3) is 0.429. The first-order valence-electron chi connectivity index (χ1n) is 6.44. The van der Waals surface area contributed by atoms with Gasteiger partial charge in [-0.15, -0.1) is 0 Å². The number of nitrogens with zero attached hydrogens (tertiary/aromatic N) is 3. The Morgan fingerprint density at radius 1 is 1.45 bits per heavy atom. The highest BCUT2D eigenvalue weighted by atomic mass is 79.9. The molecule has 0 radical (unpaired) electrons. The zero-order valence-corrected chi connectivity index (χ0v) is 14.5. The summed E-state index contributed by atoms with van der Waals surface area (Å²) in [4.78, 5) is 4.47. The molecule has 1 atom stereocenters. The third kappa shape index (κ3) is 3.35. The Bertz CT molecular complexity index is 686. The van der Waals surface area contributed by atoms with E-state index in [1.54, 1.807) is 6.21 Å². The summed E-state index contributed by atoms with van der Waals surface area (Å²) < 4.78 is 18.5. The molecule has 0 unspecified atom stereocenters. The highest BCUT2D eigenvalue weighted by Crippen LogP contribution is 2.20. The Balaban J connectivity index is 2.35. The molecule has 20 heavy (non-hydrogen) atoms. The second-order valence-electron chi connectivity index (χ2n) is 5.54. The van der Waals surface area contributed by atoms with Gasteiger partial charge in [0.05, 0.1) is 15.4 Å². The van der Waals surface area contributed by atoms with Gasteiger partial charge in [-0.2, -0.15) is 4.40 Å². The van der Waals surface area contributed by atoms with Crippen LogP contribution in [0.4, 0.5) is 0 Å². The van der Waals surface area contributed by atoms with Gasteiger partial charge < -0.3 is 4.40 Å². The maximum atomic E-state index is 11.9. The average molecular weight is 356 g/mol. The third-order valence-electron chi connectivity index (χ3n) is 2.79. The normalized spacial score (nSPS) is 14.2. The maximum Gasteiger partial charge on any atom is 0.151 e. The van der Waals surface area contributed by atoms with E-state index < -0.39 is 11.0 Å². The molecule has 2 aromatic heterocycles. The van der Waals surface area contributed by atoms with E-state index in [1.165, 1.54) is 5.56 Å². The van der Waals surface area contributed by atoms with Crippen molar-refractivity contribution < 1.29 is 4.21 Å². The number of halogens is 1. The predicted molar refractivity (Wildman–Crippen MR) is 87.8 cm³/mol. The minimum atomic E-state index is -1.26. The molecule has 2 rings (SSSR count). The SMILES string of the molecule is CCc1cc(Br)c2nc(C=N[S@](=O)C(C)(C)C)cn2c1. The first kappa shape index (κ1) is 15.4. The van der Waals surface area contributed by atoms with Crippen LogP contribution in [0.25, 0.3) is 5.65 Å². The molecule has 2 heterocycles. The van der Waals surface area contributed by atoms with Crippen molar-refractivity contribution in [2.24, 2.45) is 4.40 Å². The molecular formula is C14H18BrN3OS. The van der Waals surface area contributed by atoms with Crippen LogP contribution < -0.4 is 0 Å². The minimum absolute atomic E-state index is 0.356. The van der Waals surface area contributed by atoms with Gasteiger partial charge in [-0.25, -0.2) is 9.19 Å². The van der Waals surface area contributed by atoms with Crippen LogP contribution in [-0.4, -0.2) is 24.6 Å². The van der Waals surface area contributed by atoms with Gasteiger partial charge in [-0.05, 0) is 54.8 Å². The van der Waals surface area contributed by atoms with Crippen molar-refractivity contribution >= 4 is 38.8 Å². The van der Waals surface area contributed by atoms with Crippen molar-refractivity contribution in [3.8, 4) is 0 Å². The molecule has 0 saturated carbocycles. The lowest BCUT2D eigenvalue weighted by Crippen LogP contribution is -2.19. The molecule has 4 nitrogen and oxygen atoms in total. The molecule has 0 aromatic carbocycles. The quantitative estimate of drug-likeness (QED) is 0.790. The fourth-order valence-electron chi connectivity index (χ4n) is 1.65. The fourth-order valence-corrected chi connectivity index (χ4v) is 2.75. The highest BCUT2D eigenvalue weighted by molar-refractivity contribution is 9.10. The summed E-state index contributed by atoms with van der Waals surface area (Å²) in [5, 5.41) is 0. The van der Waals surface area contributed by atoms with E-state index >= 15 is 0 Å². The predicted octanol–water partition coefficient (Wildman–Crippen LogP) is 3.54. The van der Waals surface area contributed by atoms with Crippen LogP contribution >= 0.6 is 15.9 Å². The van der Waals surface area contributed by atoms with Crippen molar-refractivity contribution in [3.05, 3.63) is 34.2 Å². The van der Waals surface area contributed by atoms with E-state index in [2.05, 4.69) is 38.3 Å². The second-order valence-corrected chi connectivity index (χ2v) is 8.33. The van der Waals surface area contributed by atoms with Crippen LogP contribution in [0.2, 0.25) is 0 Å². The van der Waals surface area contributed by atoms with Gasteiger partial charge in [0.1, 0.15) is 16.7 Å². The monoisotopic (exact) mass is 355 g/mol. The summed E-state index contributed by atoms with van der Waals surface area (Å²) in [6.45, 7) is 7.80. The van der Waals surface area contributed by atoms with E-state index in [0.29, 0.717) is 5.69 Å². The molecule has 6 heteroatoms. The van der Waals surface area contributed by atoms with Gasteiger partial charge in [-0.1, -0.05) is 6.92 Å². The number of hydrogen-bond acceptors (Lipinski definition) is 2. The molecule has 0 aliphatic heterocycles. The van der Waals surface area contributed by atoms with Gasteiger partial charge in [-0.3, -0.25) is 0 Å². The smallest absolute Gasteiger partial charge is 0.151 e. The van der Waals surface area contributed by atoms with Gasteiger partial charge in [0.2, 0.25) is 0 Å². The van der Waals surface area contributed by atoms with Crippen molar-refractivity contribution in [3.63, 3.8) is 0 Å². The Labute approximate surface area is 130 Å². The Morgan fingerprint density at radius 3 is 2.75 bits per heavy atom. The average Bonchev–Trinajstić information content (AvgIpc) is 2.78. The van der Waals surface area contributed by atoms with E-state index in [4.69, 9.17) is 0 Å². The number of pyridine rings is 1. The summed E-state index contributed by atoms with van der Waals surface area (Å²) in [5.74, 6) is 0. The molecule has 0 amide bonds. The topological polar surface area (TPSA) is 46.7 Å². The number of aromatic nitrogens is 2. The van der Waals surface area contributed by atoms with E-state index in [9.17, 15) is 4.21 Å². The van der Waals surface area contributed by atoms with Crippen LogP contribution in [-0.2, 0) is 17.4 Å². The Morgan fingerprint density at radius 2 is 2.15 bits per heavy atom. The van der Waals surface area contributed by atoms with E-state index in [1.807, 2.05) is 37.6 Å². The lowest BCUT2D eigenvalue weighted by Gasteiger charge is -2.12. The van der Waals surface area contributed by atoms with Crippen molar-refractivity contribution in [2.45, 2.75) is 38.9 Å². The van der Waals surface area contributed by atoms with Crippen LogP contribution in [0.3, 0.4) is 0 Å². The minimum Gasteiger partial charge on any atom is -0.305 e. The molecule has 2 aromatic rings. The molecule has 0 aliphatic carbocycles. The zero-order chi connectivity index (χ0) is 14.9. The van der Waals surface area contributed by atoms with Crippen LogP contribution in [0.5, 0.6) is 0 Å². The largest absolute Gasteiger partial charge is 0.305 e. The summed E-state index contributed by atoms with van der Waals surface area (Å²) in [7, 11) is -1.26. The number of imidazole rings is 1. The van der Waals surface area contributed by atoms with E-state index in [-0.39, 0.29) is 4.75 Å². The van der Waals surface area contributed by atoms with Crippen LogP contribution in [0.1, 0.15) is 39.0 Å². The number of fused-ring (bicyclic) bond motifs is 1. The lowest BCUT2D eigenvalue weighted by atomic mass is 10.2. The van der Waals surface area contributed by atoms with Gasteiger partial charge in [0, 0.05) is 12.4 Å². The summed E-state index contributed by atoms with van der Waals surface area (Å²) in [5.41, 5.74) is 2.77.